The lowest BCUT2D eigenvalue weighted by Crippen LogP contribution is -2.44. The predicted molar refractivity (Wildman–Crippen MR) is 103 cm³/mol. The fraction of sp³-hybridized carbons (Fsp3) is 0.632. The van der Waals surface area contributed by atoms with Crippen molar-refractivity contribution in [2.45, 2.75) is 45.7 Å². The molecule has 1 saturated heterocycles. The zero-order valence-corrected chi connectivity index (χ0v) is 17.4. The van der Waals surface area contributed by atoms with Gasteiger partial charge in [-0.1, -0.05) is 5.16 Å². The quantitative estimate of drug-likeness (QED) is 0.754. The van der Waals surface area contributed by atoms with E-state index < -0.39 is 0 Å². The number of carbonyl (C=O) groups is 2. The maximum atomic E-state index is 12.9. The molecule has 0 aromatic carbocycles. The molecule has 29 heavy (non-hydrogen) atoms. The highest BCUT2D eigenvalue weighted by atomic mass is 16.5. The summed E-state index contributed by atoms with van der Waals surface area (Å²) in [6, 6.07) is 0.0557. The fourth-order valence-electron chi connectivity index (χ4n) is 4.21. The van der Waals surface area contributed by atoms with Crippen LogP contribution in [0.3, 0.4) is 0 Å². The van der Waals surface area contributed by atoms with Crippen LogP contribution in [-0.2, 0) is 13.1 Å². The predicted octanol–water partition coefficient (Wildman–Crippen LogP) is 1.40. The van der Waals surface area contributed by atoms with Gasteiger partial charge >= 0.3 is 6.03 Å². The van der Waals surface area contributed by atoms with E-state index in [9.17, 15) is 9.59 Å². The number of nitrogens with zero attached hydrogens (tertiary/aromatic N) is 7. The van der Waals surface area contributed by atoms with E-state index in [1.54, 1.807) is 37.7 Å². The first-order valence-corrected chi connectivity index (χ1v) is 9.97. The zero-order valence-electron chi connectivity index (χ0n) is 17.4. The van der Waals surface area contributed by atoms with Gasteiger partial charge in [-0.15, -0.1) is 10.2 Å². The maximum absolute atomic E-state index is 12.9. The lowest BCUT2D eigenvalue weighted by molar-refractivity contribution is 0.0703. The van der Waals surface area contributed by atoms with Crippen LogP contribution in [0.1, 0.15) is 52.2 Å². The first kappa shape index (κ1) is 19.4. The summed E-state index contributed by atoms with van der Waals surface area (Å²) < 4.78 is 7.28. The van der Waals surface area contributed by atoms with Crippen LogP contribution in [0.4, 0.5) is 4.79 Å². The molecule has 156 valence electrons. The minimum atomic E-state index is -0.0763. The van der Waals surface area contributed by atoms with Crippen molar-refractivity contribution >= 4 is 11.9 Å². The monoisotopic (exact) mass is 401 g/mol. The molecule has 0 N–H and O–H groups in total. The molecule has 0 aliphatic carbocycles. The van der Waals surface area contributed by atoms with Crippen LogP contribution < -0.4 is 0 Å². The van der Waals surface area contributed by atoms with Gasteiger partial charge in [0.15, 0.2) is 5.82 Å². The van der Waals surface area contributed by atoms with Gasteiger partial charge in [-0.2, -0.15) is 0 Å². The lowest BCUT2D eigenvalue weighted by atomic mass is 9.96. The molecule has 10 heteroatoms. The number of hydrogen-bond acceptors (Lipinski definition) is 6. The Hall–Kier alpha value is -2.91. The van der Waals surface area contributed by atoms with E-state index in [2.05, 4.69) is 19.9 Å². The summed E-state index contributed by atoms with van der Waals surface area (Å²) in [6.07, 6.45) is 1.75. The molecule has 0 atom stereocenters. The number of hydrogen-bond donors (Lipinski definition) is 0. The highest BCUT2D eigenvalue weighted by molar-refractivity contribution is 5.96. The van der Waals surface area contributed by atoms with E-state index >= 15 is 0 Å². The molecule has 2 aromatic heterocycles. The van der Waals surface area contributed by atoms with E-state index in [0.717, 1.165) is 37.6 Å². The third kappa shape index (κ3) is 3.47. The van der Waals surface area contributed by atoms with Crippen molar-refractivity contribution in [2.75, 3.05) is 33.7 Å². The molecule has 0 unspecified atom stereocenters. The van der Waals surface area contributed by atoms with Crippen LogP contribution in [0.15, 0.2) is 4.52 Å². The van der Waals surface area contributed by atoms with Gasteiger partial charge in [-0.25, -0.2) is 4.79 Å². The largest absolute Gasteiger partial charge is 0.361 e. The molecule has 10 nitrogen and oxygen atoms in total. The summed E-state index contributed by atoms with van der Waals surface area (Å²) in [5.41, 5.74) is 1.15. The molecule has 0 saturated carbocycles. The Bertz CT molecular complexity index is 905. The van der Waals surface area contributed by atoms with Gasteiger partial charge in [-0.3, -0.25) is 4.79 Å². The minimum Gasteiger partial charge on any atom is -0.361 e. The molecule has 4 heterocycles. The van der Waals surface area contributed by atoms with Gasteiger partial charge < -0.3 is 23.8 Å². The van der Waals surface area contributed by atoms with E-state index in [-0.39, 0.29) is 17.9 Å². The van der Waals surface area contributed by atoms with Crippen LogP contribution in [0, 0.1) is 13.8 Å². The third-order valence-corrected chi connectivity index (χ3v) is 5.83. The molecule has 0 radical (unpaired) electrons. The topological polar surface area (TPSA) is 101 Å². The van der Waals surface area contributed by atoms with Crippen LogP contribution in [0.2, 0.25) is 0 Å². The number of carbonyl (C=O) groups excluding carboxylic acids is 2. The van der Waals surface area contributed by atoms with E-state index in [4.69, 9.17) is 4.52 Å². The molecular formula is C19H27N7O3. The summed E-state index contributed by atoms with van der Waals surface area (Å²) in [6.45, 7) is 6.67. The molecule has 0 spiro atoms. The van der Waals surface area contributed by atoms with Crippen molar-refractivity contribution in [1.82, 2.24) is 34.6 Å². The second-order valence-electron chi connectivity index (χ2n) is 7.99. The van der Waals surface area contributed by atoms with E-state index in [1.165, 1.54) is 0 Å². The molecule has 1 fully saturated rings. The second-order valence-corrected chi connectivity index (χ2v) is 7.99. The highest BCUT2D eigenvalue weighted by Crippen LogP contribution is 2.29. The summed E-state index contributed by atoms with van der Waals surface area (Å²) in [5.74, 6) is 2.53. The highest BCUT2D eigenvalue weighted by Gasteiger charge is 2.32. The van der Waals surface area contributed by atoms with Gasteiger partial charge in [0.05, 0.1) is 12.2 Å². The van der Waals surface area contributed by atoms with Crippen molar-refractivity contribution in [3.8, 4) is 0 Å². The summed E-state index contributed by atoms with van der Waals surface area (Å²) in [7, 11) is 3.55. The average Bonchev–Trinajstić information content (AvgIpc) is 3.29. The molecule has 4 rings (SSSR count). The third-order valence-electron chi connectivity index (χ3n) is 5.83. The Morgan fingerprint density at radius 3 is 2.38 bits per heavy atom. The molecule has 3 amide bonds. The van der Waals surface area contributed by atoms with Crippen molar-refractivity contribution in [2.24, 2.45) is 0 Å². The normalized spacial score (nSPS) is 17.4. The zero-order chi connectivity index (χ0) is 20.7. The van der Waals surface area contributed by atoms with Crippen molar-refractivity contribution in [3.05, 3.63) is 28.7 Å². The Morgan fingerprint density at radius 1 is 1.03 bits per heavy atom. The van der Waals surface area contributed by atoms with Crippen LogP contribution >= 0.6 is 0 Å². The van der Waals surface area contributed by atoms with Crippen molar-refractivity contribution < 1.29 is 14.1 Å². The fourth-order valence-corrected chi connectivity index (χ4v) is 4.21. The van der Waals surface area contributed by atoms with Gasteiger partial charge in [0.1, 0.15) is 17.1 Å². The standard InChI is InChI=1S/C19H27N7O3/c1-12-16(13(2)29-22-12)18(27)25-9-10-26-15(11-25)20-21-17(26)14-5-7-24(8-6-14)19(28)23(3)4/h14H,5-11H2,1-4H3. The maximum Gasteiger partial charge on any atom is 0.319 e. The Balaban J connectivity index is 1.44. The Labute approximate surface area is 169 Å². The summed E-state index contributed by atoms with van der Waals surface area (Å²) in [4.78, 5) is 30.3. The number of likely N-dealkylation sites (tertiary alicyclic amines) is 1. The second kappa shape index (κ2) is 7.49. The van der Waals surface area contributed by atoms with Crippen molar-refractivity contribution in [3.63, 3.8) is 0 Å². The number of urea groups is 1. The number of fused-ring (bicyclic) bond motifs is 1. The molecular weight excluding hydrogens is 374 g/mol. The summed E-state index contributed by atoms with van der Waals surface area (Å²) >= 11 is 0. The van der Waals surface area contributed by atoms with E-state index in [1.807, 2.05) is 4.90 Å². The van der Waals surface area contributed by atoms with Crippen LogP contribution in [0.25, 0.3) is 0 Å². The van der Waals surface area contributed by atoms with Gasteiger partial charge in [0, 0.05) is 46.2 Å². The van der Waals surface area contributed by atoms with Crippen LogP contribution in [-0.4, -0.2) is 80.3 Å². The first-order chi connectivity index (χ1) is 13.9. The number of rotatable bonds is 2. The number of aromatic nitrogens is 4. The number of aryl methyl sites for hydroxylation is 2. The molecule has 2 aliphatic heterocycles. The van der Waals surface area contributed by atoms with Gasteiger partial charge in [-0.05, 0) is 26.7 Å². The van der Waals surface area contributed by atoms with Gasteiger partial charge in [0.25, 0.3) is 5.91 Å². The number of piperidine rings is 1. The Morgan fingerprint density at radius 2 is 1.76 bits per heavy atom. The van der Waals surface area contributed by atoms with Crippen LogP contribution in [0.5, 0.6) is 0 Å². The van der Waals surface area contributed by atoms with E-state index in [0.29, 0.717) is 36.7 Å². The first-order valence-electron chi connectivity index (χ1n) is 9.97. The Kier molecular flexibility index (Phi) is 5.01. The summed E-state index contributed by atoms with van der Waals surface area (Å²) in [5, 5.41) is 12.7. The minimum absolute atomic E-state index is 0.0557. The average molecular weight is 401 g/mol. The molecule has 2 aliphatic rings. The molecule has 0 bridgehead atoms. The smallest absolute Gasteiger partial charge is 0.319 e. The SMILES string of the molecule is Cc1noc(C)c1C(=O)N1CCn2c(nnc2C2CCN(C(=O)N(C)C)CC2)C1. The molecule has 2 aromatic rings. The lowest BCUT2D eigenvalue weighted by Gasteiger charge is -2.34. The van der Waals surface area contributed by atoms with Gasteiger partial charge in [0.2, 0.25) is 0 Å². The van der Waals surface area contributed by atoms with Crippen molar-refractivity contribution in [1.29, 1.82) is 0 Å². The number of amides is 3.